The molecular weight excluding hydrogens is 276 g/mol. The summed E-state index contributed by atoms with van der Waals surface area (Å²) in [5, 5.41) is 4.45. The largest absolute Gasteiger partial charge is 0.463 e. The van der Waals surface area contributed by atoms with E-state index in [2.05, 4.69) is 15.1 Å². The fraction of sp³-hybridized carbons (Fsp3) is 0. The van der Waals surface area contributed by atoms with Crippen LogP contribution in [0.5, 0.6) is 5.75 Å². The molecule has 0 saturated heterocycles. The highest BCUT2D eigenvalue weighted by atomic mass is 16.5. The Balaban J connectivity index is 1.73. The molecule has 5 heteroatoms. The first-order chi connectivity index (χ1) is 10.9. The van der Waals surface area contributed by atoms with Crippen molar-refractivity contribution in [3.05, 3.63) is 66.4 Å². The molecule has 0 fully saturated rings. The van der Waals surface area contributed by atoms with Crippen LogP contribution in [0.1, 0.15) is 11.5 Å². The van der Waals surface area contributed by atoms with Crippen LogP contribution in [0.2, 0.25) is 0 Å². The van der Waals surface area contributed by atoms with Gasteiger partial charge in [0.05, 0.1) is 17.5 Å². The van der Waals surface area contributed by atoms with Gasteiger partial charge < -0.3 is 4.74 Å². The van der Waals surface area contributed by atoms with Crippen LogP contribution in [0, 0.1) is 0 Å². The summed E-state index contributed by atoms with van der Waals surface area (Å²) in [6.07, 6.45) is 8.85. The summed E-state index contributed by atoms with van der Waals surface area (Å²) < 4.78 is 7.26. The van der Waals surface area contributed by atoms with Gasteiger partial charge in [-0.1, -0.05) is 18.2 Å². The molecule has 3 aromatic rings. The van der Waals surface area contributed by atoms with Crippen molar-refractivity contribution in [2.45, 2.75) is 0 Å². The number of para-hydroxylation sites is 1. The van der Waals surface area contributed by atoms with Gasteiger partial charge in [-0.25, -0.2) is 9.67 Å². The molecule has 2 aromatic heterocycles. The molecule has 1 aromatic carbocycles. The van der Waals surface area contributed by atoms with Gasteiger partial charge in [0.2, 0.25) is 0 Å². The van der Waals surface area contributed by atoms with Crippen molar-refractivity contribution in [1.82, 2.24) is 19.7 Å². The SMILES string of the molecule is C1=Cn2nc(/C=C/c3ccccn3)nc2-c2ccccc2O1. The van der Waals surface area contributed by atoms with Gasteiger partial charge in [-0.2, -0.15) is 0 Å². The number of nitrogens with zero attached hydrogens (tertiary/aromatic N) is 4. The summed E-state index contributed by atoms with van der Waals surface area (Å²) in [5.41, 5.74) is 1.78. The van der Waals surface area contributed by atoms with Crippen molar-refractivity contribution in [3.63, 3.8) is 0 Å². The van der Waals surface area contributed by atoms with Gasteiger partial charge in [0, 0.05) is 6.20 Å². The minimum absolute atomic E-state index is 0.627. The average molecular weight is 288 g/mol. The number of aromatic nitrogens is 4. The van der Waals surface area contributed by atoms with Crippen molar-refractivity contribution in [3.8, 4) is 17.1 Å². The Labute approximate surface area is 127 Å². The number of ether oxygens (including phenoxy) is 1. The summed E-state index contributed by atoms with van der Waals surface area (Å²) >= 11 is 0. The van der Waals surface area contributed by atoms with E-state index in [4.69, 9.17) is 4.74 Å². The summed E-state index contributed by atoms with van der Waals surface area (Å²) in [6.45, 7) is 0. The van der Waals surface area contributed by atoms with Gasteiger partial charge in [0.25, 0.3) is 0 Å². The highest BCUT2D eigenvalue weighted by molar-refractivity contribution is 5.70. The van der Waals surface area contributed by atoms with Gasteiger partial charge >= 0.3 is 0 Å². The van der Waals surface area contributed by atoms with E-state index < -0.39 is 0 Å². The van der Waals surface area contributed by atoms with Crippen LogP contribution >= 0.6 is 0 Å². The highest BCUT2D eigenvalue weighted by Gasteiger charge is 2.15. The molecule has 1 aliphatic heterocycles. The Hall–Kier alpha value is -3.21. The summed E-state index contributed by atoms with van der Waals surface area (Å²) in [6, 6.07) is 13.5. The van der Waals surface area contributed by atoms with E-state index in [1.807, 2.05) is 54.6 Å². The third kappa shape index (κ3) is 2.29. The van der Waals surface area contributed by atoms with E-state index in [1.54, 1.807) is 23.3 Å². The highest BCUT2D eigenvalue weighted by Crippen LogP contribution is 2.30. The number of hydrogen-bond acceptors (Lipinski definition) is 4. The molecule has 5 nitrogen and oxygen atoms in total. The van der Waals surface area contributed by atoms with Gasteiger partial charge in [0.15, 0.2) is 11.6 Å². The Morgan fingerprint density at radius 3 is 2.82 bits per heavy atom. The van der Waals surface area contributed by atoms with E-state index in [0.717, 1.165) is 22.8 Å². The topological polar surface area (TPSA) is 52.8 Å². The third-order valence-electron chi connectivity index (χ3n) is 3.26. The van der Waals surface area contributed by atoms with Gasteiger partial charge in [-0.3, -0.25) is 4.98 Å². The van der Waals surface area contributed by atoms with Crippen LogP contribution in [0.3, 0.4) is 0 Å². The molecule has 0 aliphatic carbocycles. The maximum atomic E-state index is 5.55. The lowest BCUT2D eigenvalue weighted by atomic mass is 10.2. The van der Waals surface area contributed by atoms with Crippen LogP contribution in [0.15, 0.2) is 54.9 Å². The van der Waals surface area contributed by atoms with Gasteiger partial charge in [-0.15, -0.1) is 5.10 Å². The second-order valence-electron chi connectivity index (χ2n) is 4.73. The molecule has 3 heterocycles. The number of fused-ring (bicyclic) bond motifs is 3. The molecule has 0 atom stereocenters. The number of rotatable bonds is 2. The fourth-order valence-electron chi connectivity index (χ4n) is 2.25. The maximum Gasteiger partial charge on any atom is 0.175 e. The molecule has 0 radical (unpaired) electrons. The predicted molar refractivity (Wildman–Crippen MR) is 84.6 cm³/mol. The average Bonchev–Trinajstić information content (AvgIpc) is 2.90. The third-order valence-corrected chi connectivity index (χ3v) is 3.26. The maximum absolute atomic E-state index is 5.55. The van der Waals surface area contributed by atoms with E-state index in [1.165, 1.54) is 0 Å². The quantitative estimate of drug-likeness (QED) is 0.725. The van der Waals surface area contributed by atoms with Crippen LogP contribution < -0.4 is 4.74 Å². The van der Waals surface area contributed by atoms with E-state index >= 15 is 0 Å². The Morgan fingerprint density at radius 1 is 1.00 bits per heavy atom. The van der Waals surface area contributed by atoms with Crippen LogP contribution in [-0.4, -0.2) is 19.7 Å². The van der Waals surface area contributed by atoms with Crippen LogP contribution in [-0.2, 0) is 0 Å². The first-order valence-corrected chi connectivity index (χ1v) is 6.88. The summed E-state index contributed by atoms with van der Waals surface area (Å²) in [4.78, 5) is 8.82. The molecule has 0 N–H and O–H groups in total. The van der Waals surface area contributed by atoms with Crippen molar-refractivity contribution in [2.75, 3.05) is 0 Å². The number of benzene rings is 1. The monoisotopic (exact) mass is 288 g/mol. The second-order valence-corrected chi connectivity index (χ2v) is 4.73. The van der Waals surface area contributed by atoms with Gasteiger partial charge in [0.1, 0.15) is 12.0 Å². The van der Waals surface area contributed by atoms with E-state index in [-0.39, 0.29) is 0 Å². The molecule has 0 saturated carbocycles. The zero-order valence-electron chi connectivity index (χ0n) is 11.6. The van der Waals surface area contributed by atoms with E-state index in [0.29, 0.717) is 5.82 Å². The minimum atomic E-state index is 0.627. The normalized spacial score (nSPS) is 12.5. The van der Waals surface area contributed by atoms with E-state index in [9.17, 15) is 0 Å². The fourth-order valence-corrected chi connectivity index (χ4v) is 2.25. The number of hydrogen-bond donors (Lipinski definition) is 0. The lowest BCUT2D eigenvalue weighted by Gasteiger charge is -2.02. The molecule has 1 aliphatic rings. The molecular formula is C17H12N4O. The zero-order chi connectivity index (χ0) is 14.8. The van der Waals surface area contributed by atoms with Crippen LogP contribution in [0.25, 0.3) is 29.7 Å². The lowest BCUT2D eigenvalue weighted by Crippen LogP contribution is -1.91. The predicted octanol–water partition coefficient (Wildman–Crippen LogP) is 3.33. The Morgan fingerprint density at radius 2 is 1.91 bits per heavy atom. The first-order valence-electron chi connectivity index (χ1n) is 6.88. The van der Waals surface area contributed by atoms with Crippen molar-refractivity contribution in [1.29, 1.82) is 0 Å². The Bertz CT molecular complexity index is 865. The number of pyridine rings is 1. The Kier molecular flexibility index (Phi) is 3.01. The standard InChI is InChI=1S/C17H12N4O/c1-2-7-15-14(6-1)17-19-16(20-21(17)11-12-22-15)9-8-13-5-3-4-10-18-13/h1-12H/b9-8+. The molecule has 0 bridgehead atoms. The molecule has 0 unspecified atom stereocenters. The smallest absolute Gasteiger partial charge is 0.175 e. The zero-order valence-corrected chi connectivity index (χ0v) is 11.6. The minimum Gasteiger partial charge on any atom is -0.463 e. The van der Waals surface area contributed by atoms with Gasteiger partial charge in [-0.05, 0) is 36.4 Å². The van der Waals surface area contributed by atoms with Crippen LogP contribution in [0.4, 0.5) is 0 Å². The second kappa shape index (κ2) is 5.29. The molecule has 0 amide bonds. The summed E-state index contributed by atoms with van der Waals surface area (Å²) in [5.74, 6) is 2.15. The molecule has 106 valence electrons. The molecule has 0 spiro atoms. The van der Waals surface area contributed by atoms with Crippen molar-refractivity contribution in [2.24, 2.45) is 0 Å². The molecule has 22 heavy (non-hydrogen) atoms. The lowest BCUT2D eigenvalue weighted by molar-refractivity contribution is 0.487. The first kappa shape index (κ1) is 12.5. The summed E-state index contributed by atoms with van der Waals surface area (Å²) in [7, 11) is 0. The van der Waals surface area contributed by atoms with Crippen molar-refractivity contribution >= 4 is 18.4 Å². The van der Waals surface area contributed by atoms with Crippen molar-refractivity contribution < 1.29 is 4.74 Å². The molecule has 4 rings (SSSR count).